The van der Waals surface area contributed by atoms with Crippen molar-refractivity contribution in [3.05, 3.63) is 53.9 Å². The maximum absolute atomic E-state index is 11.7. The molecule has 22 heavy (non-hydrogen) atoms. The Balaban J connectivity index is 2.04. The number of rotatable bonds is 4. The van der Waals surface area contributed by atoms with Gasteiger partial charge >= 0.3 is 5.97 Å². The third kappa shape index (κ3) is 2.58. The molecule has 1 N–H and O–H groups in total. The first-order valence-electron chi connectivity index (χ1n) is 6.98. The molecule has 0 spiro atoms. The number of hydrogen-bond acceptors (Lipinski definition) is 5. The normalized spacial score (nSPS) is 10.8. The zero-order valence-electron chi connectivity index (χ0n) is 12.1. The number of ether oxygens (including phenoxy) is 1. The molecule has 0 aliphatic heterocycles. The summed E-state index contributed by atoms with van der Waals surface area (Å²) in [4.78, 5) is 16.1. The zero-order valence-corrected chi connectivity index (χ0v) is 12.1. The van der Waals surface area contributed by atoms with Gasteiger partial charge in [0.25, 0.3) is 0 Å². The summed E-state index contributed by atoms with van der Waals surface area (Å²) >= 11 is 0. The highest BCUT2D eigenvalue weighted by Crippen LogP contribution is 2.28. The third-order valence-corrected chi connectivity index (χ3v) is 3.33. The molecular formula is C17H15NO4. The van der Waals surface area contributed by atoms with Crippen molar-refractivity contribution >= 4 is 16.9 Å². The minimum atomic E-state index is -0.348. The molecule has 2 aromatic heterocycles. The Kier molecular flexibility index (Phi) is 3.89. The molecule has 5 nitrogen and oxygen atoms in total. The topological polar surface area (TPSA) is 72.6 Å². The fourth-order valence-electron chi connectivity index (χ4n) is 2.30. The van der Waals surface area contributed by atoms with E-state index in [1.807, 2.05) is 18.2 Å². The molecule has 0 bridgehead atoms. The van der Waals surface area contributed by atoms with Gasteiger partial charge in [0.15, 0.2) is 0 Å². The van der Waals surface area contributed by atoms with E-state index < -0.39 is 0 Å². The van der Waals surface area contributed by atoms with E-state index >= 15 is 0 Å². The van der Waals surface area contributed by atoms with Crippen LogP contribution in [0.25, 0.3) is 22.2 Å². The zero-order chi connectivity index (χ0) is 15.5. The molecule has 0 aliphatic rings. The Bertz CT molecular complexity index is 805. The van der Waals surface area contributed by atoms with Crippen LogP contribution >= 0.6 is 0 Å². The summed E-state index contributed by atoms with van der Waals surface area (Å²) in [5, 5.41) is 10.2. The second kappa shape index (κ2) is 5.99. The average Bonchev–Trinajstić information content (AvgIpc) is 3.02. The van der Waals surface area contributed by atoms with Crippen LogP contribution in [0.4, 0.5) is 0 Å². The number of aromatic nitrogens is 1. The Morgan fingerprint density at radius 2 is 2.05 bits per heavy atom. The first-order chi connectivity index (χ1) is 10.7. The van der Waals surface area contributed by atoms with Crippen LogP contribution in [0.2, 0.25) is 0 Å². The summed E-state index contributed by atoms with van der Waals surface area (Å²) in [5.74, 6) is -0.348. The molecule has 0 atom stereocenters. The van der Waals surface area contributed by atoms with Crippen LogP contribution in [0.5, 0.6) is 0 Å². The number of furan rings is 1. The van der Waals surface area contributed by atoms with E-state index in [0.29, 0.717) is 29.1 Å². The number of pyridine rings is 1. The summed E-state index contributed by atoms with van der Waals surface area (Å²) in [6, 6.07) is 10.6. The number of carbonyl (C=O) groups is 1. The summed E-state index contributed by atoms with van der Waals surface area (Å²) < 4.78 is 10.4. The largest absolute Gasteiger partial charge is 0.464 e. The summed E-state index contributed by atoms with van der Waals surface area (Å²) in [6.45, 7) is 1.95. The maximum atomic E-state index is 11.7. The van der Waals surface area contributed by atoms with Gasteiger partial charge in [0, 0.05) is 17.0 Å². The first kappa shape index (κ1) is 14.3. The Morgan fingerprint density at radius 1 is 1.27 bits per heavy atom. The molecule has 0 fully saturated rings. The van der Waals surface area contributed by atoms with Gasteiger partial charge in [0.05, 0.1) is 36.4 Å². The van der Waals surface area contributed by atoms with Crippen molar-refractivity contribution in [2.75, 3.05) is 6.61 Å². The Labute approximate surface area is 127 Å². The minimum absolute atomic E-state index is 0.162. The van der Waals surface area contributed by atoms with Crippen molar-refractivity contribution < 1.29 is 19.1 Å². The molecule has 0 amide bonds. The first-order valence-corrected chi connectivity index (χ1v) is 6.98. The van der Waals surface area contributed by atoms with Crippen LogP contribution in [0, 0.1) is 0 Å². The quantitative estimate of drug-likeness (QED) is 0.749. The molecule has 5 heteroatoms. The van der Waals surface area contributed by atoms with Gasteiger partial charge in [-0.2, -0.15) is 0 Å². The van der Waals surface area contributed by atoms with Crippen LogP contribution in [-0.4, -0.2) is 22.7 Å². The van der Waals surface area contributed by atoms with Crippen LogP contribution < -0.4 is 0 Å². The lowest BCUT2D eigenvalue weighted by atomic mass is 10.1. The van der Waals surface area contributed by atoms with Gasteiger partial charge in [-0.25, -0.2) is 9.78 Å². The molecular weight excluding hydrogens is 282 g/mol. The van der Waals surface area contributed by atoms with E-state index in [1.54, 1.807) is 31.4 Å². The molecule has 3 rings (SSSR count). The van der Waals surface area contributed by atoms with Gasteiger partial charge in [0.1, 0.15) is 5.58 Å². The van der Waals surface area contributed by atoms with Crippen LogP contribution in [-0.2, 0) is 11.3 Å². The molecule has 0 aliphatic carbocycles. The van der Waals surface area contributed by atoms with E-state index in [9.17, 15) is 9.90 Å². The molecule has 112 valence electrons. The lowest BCUT2D eigenvalue weighted by Gasteiger charge is -2.06. The SMILES string of the molecule is CCOC(=O)c1ccc(-c2nc(CO)cc3occc23)cc1. The highest BCUT2D eigenvalue weighted by Gasteiger charge is 2.12. The molecule has 0 radical (unpaired) electrons. The van der Waals surface area contributed by atoms with Gasteiger partial charge in [-0.15, -0.1) is 0 Å². The van der Waals surface area contributed by atoms with Crippen molar-refractivity contribution in [3.63, 3.8) is 0 Å². The number of nitrogens with zero attached hydrogens (tertiary/aromatic N) is 1. The molecule has 2 heterocycles. The minimum Gasteiger partial charge on any atom is -0.464 e. The van der Waals surface area contributed by atoms with Crippen molar-refractivity contribution in [1.29, 1.82) is 0 Å². The maximum Gasteiger partial charge on any atom is 0.338 e. The lowest BCUT2D eigenvalue weighted by molar-refractivity contribution is 0.0526. The van der Waals surface area contributed by atoms with Gasteiger partial charge in [-0.1, -0.05) is 12.1 Å². The van der Waals surface area contributed by atoms with Crippen molar-refractivity contribution in [1.82, 2.24) is 4.98 Å². The number of fused-ring (bicyclic) bond motifs is 1. The number of carbonyl (C=O) groups excluding carboxylic acids is 1. The second-order valence-corrected chi connectivity index (χ2v) is 4.75. The Morgan fingerprint density at radius 3 is 2.73 bits per heavy atom. The molecule has 0 saturated heterocycles. The lowest BCUT2D eigenvalue weighted by Crippen LogP contribution is -2.04. The monoisotopic (exact) mass is 297 g/mol. The standard InChI is InChI=1S/C17H15NO4/c1-2-21-17(20)12-5-3-11(4-6-12)16-14-7-8-22-15(14)9-13(10-19)18-16/h3-9,19H,2,10H2,1H3. The van der Waals surface area contributed by atoms with Gasteiger partial charge < -0.3 is 14.3 Å². The van der Waals surface area contributed by atoms with E-state index in [0.717, 1.165) is 10.9 Å². The predicted octanol–water partition coefficient (Wildman–Crippen LogP) is 3.16. The number of aliphatic hydroxyl groups excluding tert-OH is 1. The van der Waals surface area contributed by atoms with Crippen molar-refractivity contribution in [3.8, 4) is 11.3 Å². The molecule has 0 saturated carbocycles. The summed E-state index contributed by atoms with van der Waals surface area (Å²) in [6.07, 6.45) is 1.59. The number of hydrogen-bond donors (Lipinski definition) is 1. The number of esters is 1. The van der Waals surface area contributed by atoms with Gasteiger partial charge in [-0.05, 0) is 25.1 Å². The van der Waals surface area contributed by atoms with Gasteiger partial charge in [0.2, 0.25) is 0 Å². The van der Waals surface area contributed by atoms with Crippen LogP contribution in [0.3, 0.4) is 0 Å². The van der Waals surface area contributed by atoms with Crippen LogP contribution in [0.15, 0.2) is 47.1 Å². The van der Waals surface area contributed by atoms with Crippen molar-refractivity contribution in [2.45, 2.75) is 13.5 Å². The highest BCUT2D eigenvalue weighted by atomic mass is 16.5. The van der Waals surface area contributed by atoms with E-state index in [4.69, 9.17) is 9.15 Å². The third-order valence-electron chi connectivity index (χ3n) is 3.33. The molecule has 0 unspecified atom stereocenters. The second-order valence-electron chi connectivity index (χ2n) is 4.75. The number of aliphatic hydroxyl groups is 1. The fraction of sp³-hybridized carbons (Fsp3) is 0.176. The smallest absolute Gasteiger partial charge is 0.338 e. The van der Waals surface area contributed by atoms with Crippen molar-refractivity contribution in [2.24, 2.45) is 0 Å². The molecule has 3 aromatic rings. The van der Waals surface area contributed by atoms with E-state index in [2.05, 4.69) is 4.98 Å². The summed E-state index contributed by atoms with van der Waals surface area (Å²) in [5.41, 5.74) is 3.25. The predicted molar refractivity (Wildman–Crippen MR) is 81.3 cm³/mol. The fourth-order valence-corrected chi connectivity index (χ4v) is 2.30. The van der Waals surface area contributed by atoms with E-state index in [1.165, 1.54) is 0 Å². The highest BCUT2D eigenvalue weighted by molar-refractivity contribution is 5.93. The number of benzene rings is 1. The summed E-state index contributed by atoms with van der Waals surface area (Å²) in [7, 11) is 0. The van der Waals surface area contributed by atoms with Gasteiger partial charge in [-0.3, -0.25) is 0 Å². The van der Waals surface area contributed by atoms with Crippen LogP contribution in [0.1, 0.15) is 23.0 Å². The Hall–Kier alpha value is -2.66. The molecule has 1 aromatic carbocycles. The van der Waals surface area contributed by atoms with E-state index in [-0.39, 0.29) is 12.6 Å². The average molecular weight is 297 g/mol.